The molecule has 0 aliphatic heterocycles. The molecule has 1 aromatic carbocycles. The Morgan fingerprint density at radius 2 is 2.25 bits per heavy atom. The van der Waals surface area contributed by atoms with Crippen molar-refractivity contribution >= 4 is 24.2 Å². The predicted molar refractivity (Wildman–Crippen MR) is 51.5 cm³/mol. The molecule has 0 spiro atoms. The molecular weight excluding hydrogens is 172 g/mol. The minimum atomic E-state index is -0.174. The molecule has 0 atom stereocenters. The minimum absolute atomic E-state index is 0.174. The summed E-state index contributed by atoms with van der Waals surface area (Å²) in [6.07, 6.45) is 0. The Hall–Kier alpha value is -1.16. The highest BCUT2D eigenvalue weighted by atomic mass is 32.1. The zero-order chi connectivity index (χ0) is 9.14. The van der Waals surface area contributed by atoms with Crippen LogP contribution < -0.4 is 11.1 Å². The lowest BCUT2D eigenvalue weighted by molar-refractivity contribution is 0.0960. The van der Waals surface area contributed by atoms with Crippen molar-refractivity contribution in [3.05, 3.63) is 23.8 Å². The molecule has 0 aliphatic carbocycles. The standard InChI is InChI=1S/C8H10N2OS/c1-10-8(11)6-4-5(9)2-3-7(6)12/h2-4,12H,9H2,1H3,(H,10,11). The number of carbonyl (C=O) groups is 1. The maximum absolute atomic E-state index is 11.2. The first-order chi connectivity index (χ1) is 5.65. The molecule has 0 aromatic heterocycles. The fraction of sp³-hybridized carbons (Fsp3) is 0.125. The molecule has 0 saturated carbocycles. The Labute approximate surface area is 76.4 Å². The van der Waals surface area contributed by atoms with Gasteiger partial charge in [0.15, 0.2) is 0 Å². The summed E-state index contributed by atoms with van der Waals surface area (Å²) >= 11 is 4.12. The number of nitrogens with one attached hydrogen (secondary N) is 1. The second-order valence-corrected chi connectivity index (χ2v) is 2.84. The first-order valence-electron chi connectivity index (χ1n) is 3.45. The van der Waals surface area contributed by atoms with Crippen molar-refractivity contribution in [2.75, 3.05) is 12.8 Å². The van der Waals surface area contributed by atoms with Gasteiger partial charge in [0, 0.05) is 17.6 Å². The zero-order valence-corrected chi connectivity index (χ0v) is 7.56. The maximum atomic E-state index is 11.2. The number of hydrogen-bond donors (Lipinski definition) is 3. The summed E-state index contributed by atoms with van der Waals surface area (Å²) in [5, 5.41) is 2.51. The second kappa shape index (κ2) is 3.49. The molecule has 64 valence electrons. The van der Waals surface area contributed by atoms with Gasteiger partial charge in [-0.2, -0.15) is 0 Å². The van der Waals surface area contributed by atoms with Crippen molar-refractivity contribution in [1.82, 2.24) is 5.32 Å². The maximum Gasteiger partial charge on any atom is 0.252 e. The van der Waals surface area contributed by atoms with Crippen LogP contribution in [0.25, 0.3) is 0 Å². The Morgan fingerprint density at radius 3 is 2.83 bits per heavy atom. The van der Waals surface area contributed by atoms with E-state index in [1.54, 1.807) is 25.2 Å². The van der Waals surface area contributed by atoms with Gasteiger partial charge in [-0.3, -0.25) is 4.79 Å². The highest BCUT2D eigenvalue weighted by Gasteiger charge is 2.06. The van der Waals surface area contributed by atoms with Crippen molar-refractivity contribution in [2.45, 2.75) is 4.90 Å². The third-order valence-electron chi connectivity index (χ3n) is 1.49. The first kappa shape index (κ1) is 8.93. The van der Waals surface area contributed by atoms with Gasteiger partial charge in [-0.25, -0.2) is 0 Å². The molecular formula is C8H10N2OS. The Kier molecular flexibility index (Phi) is 2.60. The number of carbonyl (C=O) groups excluding carboxylic acids is 1. The van der Waals surface area contributed by atoms with Crippen LogP contribution in [0.2, 0.25) is 0 Å². The summed E-state index contributed by atoms with van der Waals surface area (Å²) in [4.78, 5) is 11.8. The van der Waals surface area contributed by atoms with Crippen LogP contribution in [0.3, 0.4) is 0 Å². The predicted octanol–water partition coefficient (Wildman–Crippen LogP) is 0.917. The fourth-order valence-corrected chi connectivity index (χ4v) is 1.11. The molecule has 0 heterocycles. The smallest absolute Gasteiger partial charge is 0.252 e. The van der Waals surface area contributed by atoms with E-state index in [4.69, 9.17) is 5.73 Å². The third kappa shape index (κ3) is 1.71. The number of anilines is 1. The van der Waals surface area contributed by atoms with Gasteiger partial charge in [-0.05, 0) is 18.2 Å². The van der Waals surface area contributed by atoms with Crippen LogP contribution in [0.1, 0.15) is 10.4 Å². The highest BCUT2D eigenvalue weighted by Crippen LogP contribution is 2.16. The van der Waals surface area contributed by atoms with E-state index in [9.17, 15) is 4.79 Å². The minimum Gasteiger partial charge on any atom is -0.399 e. The normalized spacial score (nSPS) is 9.50. The summed E-state index contributed by atoms with van der Waals surface area (Å²) in [7, 11) is 1.57. The number of thiol groups is 1. The average Bonchev–Trinajstić information content (AvgIpc) is 2.08. The van der Waals surface area contributed by atoms with E-state index >= 15 is 0 Å². The Balaban J connectivity index is 3.13. The summed E-state index contributed by atoms with van der Waals surface area (Å²) in [5.41, 5.74) is 6.57. The fourth-order valence-electron chi connectivity index (χ4n) is 0.870. The van der Waals surface area contributed by atoms with Gasteiger partial charge in [0.25, 0.3) is 5.91 Å². The molecule has 1 rings (SSSR count). The Morgan fingerprint density at radius 1 is 1.58 bits per heavy atom. The monoisotopic (exact) mass is 182 g/mol. The number of nitrogen functional groups attached to an aromatic ring is 1. The molecule has 0 radical (unpaired) electrons. The largest absolute Gasteiger partial charge is 0.399 e. The van der Waals surface area contributed by atoms with Crippen molar-refractivity contribution in [3.8, 4) is 0 Å². The summed E-state index contributed by atoms with van der Waals surface area (Å²) in [6, 6.07) is 5.00. The topological polar surface area (TPSA) is 55.1 Å². The number of rotatable bonds is 1. The molecule has 12 heavy (non-hydrogen) atoms. The summed E-state index contributed by atoms with van der Waals surface area (Å²) < 4.78 is 0. The number of nitrogens with two attached hydrogens (primary N) is 1. The van der Waals surface area contributed by atoms with Crippen LogP contribution >= 0.6 is 12.6 Å². The van der Waals surface area contributed by atoms with Gasteiger partial charge in [-0.15, -0.1) is 12.6 Å². The average molecular weight is 182 g/mol. The number of benzene rings is 1. The third-order valence-corrected chi connectivity index (χ3v) is 1.88. The SMILES string of the molecule is CNC(=O)c1cc(N)ccc1S. The second-order valence-electron chi connectivity index (χ2n) is 2.36. The van der Waals surface area contributed by atoms with Crippen LogP contribution in [0.4, 0.5) is 5.69 Å². The number of amides is 1. The molecule has 0 fully saturated rings. The van der Waals surface area contributed by atoms with Gasteiger partial charge < -0.3 is 11.1 Å². The van der Waals surface area contributed by atoms with E-state index in [1.165, 1.54) is 0 Å². The van der Waals surface area contributed by atoms with E-state index in [-0.39, 0.29) is 5.91 Å². The number of hydrogen-bond acceptors (Lipinski definition) is 3. The van der Waals surface area contributed by atoms with Gasteiger partial charge in [-0.1, -0.05) is 0 Å². The molecule has 0 aliphatic rings. The molecule has 1 aromatic rings. The lowest BCUT2D eigenvalue weighted by atomic mass is 10.2. The lowest BCUT2D eigenvalue weighted by Crippen LogP contribution is -2.18. The van der Waals surface area contributed by atoms with Gasteiger partial charge >= 0.3 is 0 Å². The van der Waals surface area contributed by atoms with E-state index in [2.05, 4.69) is 17.9 Å². The molecule has 3 N–H and O–H groups in total. The first-order valence-corrected chi connectivity index (χ1v) is 3.90. The zero-order valence-electron chi connectivity index (χ0n) is 6.66. The van der Waals surface area contributed by atoms with E-state index in [1.807, 2.05) is 0 Å². The molecule has 0 unspecified atom stereocenters. The van der Waals surface area contributed by atoms with Crippen LogP contribution in [0.5, 0.6) is 0 Å². The van der Waals surface area contributed by atoms with Crippen molar-refractivity contribution in [2.24, 2.45) is 0 Å². The molecule has 1 amide bonds. The van der Waals surface area contributed by atoms with Crippen molar-refractivity contribution < 1.29 is 4.79 Å². The molecule has 0 saturated heterocycles. The van der Waals surface area contributed by atoms with Crippen LogP contribution in [-0.4, -0.2) is 13.0 Å². The van der Waals surface area contributed by atoms with Crippen LogP contribution in [0.15, 0.2) is 23.1 Å². The molecule has 0 bridgehead atoms. The lowest BCUT2D eigenvalue weighted by Gasteiger charge is -2.03. The molecule has 3 nitrogen and oxygen atoms in total. The van der Waals surface area contributed by atoms with Crippen molar-refractivity contribution in [1.29, 1.82) is 0 Å². The summed E-state index contributed by atoms with van der Waals surface area (Å²) in [6.45, 7) is 0. The van der Waals surface area contributed by atoms with Crippen molar-refractivity contribution in [3.63, 3.8) is 0 Å². The Bertz CT molecular complexity index is 312. The molecule has 4 heteroatoms. The quantitative estimate of drug-likeness (QED) is 0.447. The van der Waals surface area contributed by atoms with Crippen LogP contribution in [-0.2, 0) is 0 Å². The van der Waals surface area contributed by atoms with Gasteiger partial charge in [0.05, 0.1) is 5.56 Å². The van der Waals surface area contributed by atoms with Gasteiger partial charge in [0.2, 0.25) is 0 Å². The summed E-state index contributed by atoms with van der Waals surface area (Å²) in [5.74, 6) is -0.174. The van der Waals surface area contributed by atoms with Crippen LogP contribution in [0, 0.1) is 0 Å². The highest BCUT2D eigenvalue weighted by molar-refractivity contribution is 7.80. The van der Waals surface area contributed by atoms with E-state index < -0.39 is 0 Å². The van der Waals surface area contributed by atoms with E-state index in [0.29, 0.717) is 16.1 Å². The van der Waals surface area contributed by atoms with Gasteiger partial charge in [0.1, 0.15) is 0 Å². The van der Waals surface area contributed by atoms with E-state index in [0.717, 1.165) is 0 Å².